The summed E-state index contributed by atoms with van der Waals surface area (Å²) in [5, 5.41) is 5.76. The first kappa shape index (κ1) is 12.3. The van der Waals surface area contributed by atoms with E-state index in [0.717, 1.165) is 15.9 Å². The van der Waals surface area contributed by atoms with Crippen LogP contribution < -0.4 is 10.7 Å². The predicted molar refractivity (Wildman–Crippen MR) is 71.9 cm³/mol. The molecule has 0 aliphatic carbocycles. The molecule has 2 N–H and O–H groups in total. The summed E-state index contributed by atoms with van der Waals surface area (Å²) in [4.78, 5) is 12.2. The highest BCUT2D eigenvalue weighted by Crippen LogP contribution is 2.27. The van der Waals surface area contributed by atoms with Gasteiger partial charge < -0.3 is 5.73 Å². The number of nitrogens with zero attached hydrogens (tertiary/aromatic N) is 2. The van der Waals surface area contributed by atoms with Crippen LogP contribution in [-0.2, 0) is 4.79 Å². The van der Waals surface area contributed by atoms with Gasteiger partial charge in [-0.3, -0.25) is 4.79 Å². The molecular formula is C12H14BrN3O. The van der Waals surface area contributed by atoms with Crippen LogP contribution in [0.5, 0.6) is 0 Å². The van der Waals surface area contributed by atoms with Gasteiger partial charge in [0.2, 0.25) is 0 Å². The lowest BCUT2D eigenvalue weighted by atomic mass is 10.0. The van der Waals surface area contributed by atoms with Crippen LogP contribution in [0.4, 0.5) is 5.69 Å². The molecule has 0 saturated carbocycles. The summed E-state index contributed by atoms with van der Waals surface area (Å²) in [6.45, 7) is 2.37. The molecule has 0 fully saturated rings. The van der Waals surface area contributed by atoms with Gasteiger partial charge in [-0.05, 0) is 38.1 Å². The molecule has 0 aromatic heterocycles. The summed E-state index contributed by atoms with van der Waals surface area (Å²) in [7, 11) is 0. The average Bonchev–Trinajstić information content (AvgIpc) is 2.57. The van der Waals surface area contributed by atoms with E-state index in [2.05, 4.69) is 21.0 Å². The fourth-order valence-electron chi connectivity index (χ4n) is 1.89. The number of amides is 1. The molecule has 1 aromatic carbocycles. The monoisotopic (exact) mass is 295 g/mol. The Morgan fingerprint density at radius 2 is 2.29 bits per heavy atom. The second kappa shape index (κ2) is 4.98. The van der Waals surface area contributed by atoms with Gasteiger partial charge in [-0.25, -0.2) is 5.01 Å². The lowest BCUT2D eigenvalue weighted by molar-refractivity contribution is -0.119. The topological polar surface area (TPSA) is 58.7 Å². The normalized spacial score (nSPS) is 19.7. The summed E-state index contributed by atoms with van der Waals surface area (Å²) in [5.41, 5.74) is 7.12. The van der Waals surface area contributed by atoms with Crippen molar-refractivity contribution < 1.29 is 4.79 Å². The standard InChI is InChI=1S/C12H14BrN3O/c1-8-11(5-6-14)12(17)16(15-8)10-4-2-3-9(13)7-10/h2-4,7,11H,5-6,14H2,1H3. The van der Waals surface area contributed by atoms with Crippen molar-refractivity contribution in [2.75, 3.05) is 11.6 Å². The Balaban J connectivity index is 2.27. The Hall–Kier alpha value is -1.20. The summed E-state index contributed by atoms with van der Waals surface area (Å²) in [5.74, 6) is -0.162. The number of carbonyl (C=O) groups excluding carboxylic acids is 1. The van der Waals surface area contributed by atoms with Crippen molar-refractivity contribution in [3.63, 3.8) is 0 Å². The first-order chi connectivity index (χ1) is 8.13. The molecule has 0 spiro atoms. The van der Waals surface area contributed by atoms with Crippen LogP contribution in [0.15, 0.2) is 33.8 Å². The maximum Gasteiger partial charge on any atom is 0.256 e. The zero-order valence-electron chi connectivity index (χ0n) is 9.56. The molecule has 2 rings (SSSR count). The molecule has 4 nitrogen and oxygen atoms in total. The molecule has 17 heavy (non-hydrogen) atoms. The largest absolute Gasteiger partial charge is 0.330 e. The van der Waals surface area contributed by atoms with Crippen LogP contribution in [0.1, 0.15) is 13.3 Å². The zero-order chi connectivity index (χ0) is 12.4. The van der Waals surface area contributed by atoms with Gasteiger partial charge >= 0.3 is 0 Å². The van der Waals surface area contributed by atoms with Gasteiger partial charge in [0, 0.05) is 10.2 Å². The minimum Gasteiger partial charge on any atom is -0.330 e. The average molecular weight is 296 g/mol. The first-order valence-electron chi connectivity index (χ1n) is 5.48. The molecule has 1 aliphatic heterocycles. The molecule has 1 aliphatic rings. The molecule has 0 saturated heterocycles. The number of anilines is 1. The zero-order valence-corrected chi connectivity index (χ0v) is 11.1. The minimum absolute atomic E-state index is 0.00560. The van der Waals surface area contributed by atoms with Crippen LogP contribution in [0, 0.1) is 5.92 Å². The number of hydrogen-bond donors (Lipinski definition) is 1. The van der Waals surface area contributed by atoms with E-state index in [1.807, 2.05) is 31.2 Å². The number of hydrazone groups is 1. The fraction of sp³-hybridized carbons (Fsp3) is 0.333. The number of hydrogen-bond acceptors (Lipinski definition) is 3. The van der Waals surface area contributed by atoms with E-state index in [1.54, 1.807) is 0 Å². The van der Waals surface area contributed by atoms with E-state index in [4.69, 9.17) is 5.73 Å². The van der Waals surface area contributed by atoms with E-state index < -0.39 is 0 Å². The minimum atomic E-state index is -0.168. The number of nitrogens with two attached hydrogens (primary N) is 1. The van der Waals surface area contributed by atoms with Crippen LogP contribution >= 0.6 is 15.9 Å². The number of benzene rings is 1. The van der Waals surface area contributed by atoms with Gasteiger partial charge in [0.15, 0.2) is 0 Å². The van der Waals surface area contributed by atoms with Crippen molar-refractivity contribution in [1.82, 2.24) is 0 Å². The molecule has 1 unspecified atom stereocenters. The van der Waals surface area contributed by atoms with Gasteiger partial charge in [-0.1, -0.05) is 22.0 Å². The molecule has 0 bridgehead atoms. The second-order valence-corrected chi connectivity index (χ2v) is 4.92. The van der Waals surface area contributed by atoms with Crippen LogP contribution in [0.25, 0.3) is 0 Å². The Labute approximate surface area is 109 Å². The summed E-state index contributed by atoms with van der Waals surface area (Å²) in [6.07, 6.45) is 0.651. The van der Waals surface area contributed by atoms with Crippen molar-refractivity contribution >= 4 is 33.2 Å². The van der Waals surface area contributed by atoms with Gasteiger partial charge in [-0.15, -0.1) is 0 Å². The molecule has 90 valence electrons. The highest BCUT2D eigenvalue weighted by Gasteiger charge is 2.33. The van der Waals surface area contributed by atoms with Crippen molar-refractivity contribution in [1.29, 1.82) is 0 Å². The third kappa shape index (κ3) is 2.40. The van der Waals surface area contributed by atoms with Crippen LogP contribution in [-0.4, -0.2) is 18.2 Å². The third-order valence-electron chi connectivity index (χ3n) is 2.78. The summed E-state index contributed by atoms with van der Waals surface area (Å²) in [6, 6.07) is 7.54. The molecule has 1 amide bonds. The predicted octanol–water partition coefficient (Wildman–Crippen LogP) is 2.14. The Bertz CT molecular complexity index is 473. The molecule has 1 atom stereocenters. The summed E-state index contributed by atoms with van der Waals surface area (Å²) >= 11 is 3.38. The molecular weight excluding hydrogens is 282 g/mol. The Morgan fingerprint density at radius 1 is 1.53 bits per heavy atom. The van der Waals surface area contributed by atoms with E-state index in [9.17, 15) is 4.79 Å². The smallest absolute Gasteiger partial charge is 0.256 e. The van der Waals surface area contributed by atoms with Crippen molar-refractivity contribution in [3.8, 4) is 0 Å². The highest BCUT2D eigenvalue weighted by molar-refractivity contribution is 9.10. The van der Waals surface area contributed by atoms with E-state index in [1.165, 1.54) is 5.01 Å². The first-order valence-corrected chi connectivity index (χ1v) is 6.27. The number of carbonyl (C=O) groups is 1. The van der Waals surface area contributed by atoms with E-state index >= 15 is 0 Å². The summed E-state index contributed by atoms with van der Waals surface area (Å²) < 4.78 is 0.929. The lowest BCUT2D eigenvalue weighted by Crippen LogP contribution is -2.28. The van der Waals surface area contributed by atoms with E-state index in [-0.39, 0.29) is 11.8 Å². The Kier molecular flexibility index (Phi) is 3.59. The van der Waals surface area contributed by atoms with Crippen molar-refractivity contribution in [2.24, 2.45) is 16.8 Å². The van der Waals surface area contributed by atoms with Gasteiger partial charge in [-0.2, -0.15) is 5.10 Å². The quantitative estimate of drug-likeness (QED) is 0.929. The molecule has 0 radical (unpaired) electrons. The maximum atomic E-state index is 12.2. The number of rotatable bonds is 3. The van der Waals surface area contributed by atoms with Gasteiger partial charge in [0.25, 0.3) is 5.91 Å². The highest BCUT2D eigenvalue weighted by atomic mass is 79.9. The lowest BCUT2D eigenvalue weighted by Gasteiger charge is -2.14. The maximum absolute atomic E-state index is 12.2. The van der Waals surface area contributed by atoms with Crippen LogP contribution in [0.2, 0.25) is 0 Å². The van der Waals surface area contributed by atoms with Crippen molar-refractivity contribution in [3.05, 3.63) is 28.7 Å². The molecule has 5 heteroatoms. The number of halogens is 1. The van der Waals surface area contributed by atoms with Gasteiger partial charge in [0.05, 0.1) is 11.6 Å². The molecule has 1 aromatic rings. The second-order valence-electron chi connectivity index (χ2n) is 4.00. The van der Waals surface area contributed by atoms with Gasteiger partial charge in [0.1, 0.15) is 0 Å². The fourth-order valence-corrected chi connectivity index (χ4v) is 2.28. The van der Waals surface area contributed by atoms with E-state index in [0.29, 0.717) is 13.0 Å². The third-order valence-corrected chi connectivity index (χ3v) is 3.27. The van der Waals surface area contributed by atoms with Crippen molar-refractivity contribution in [2.45, 2.75) is 13.3 Å². The molecule has 1 heterocycles. The Morgan fingerprint density at radius 3 is 2.94 bits per heavy atom. The van der Waals surface area contributed by atoms with Crippen LogP contribution in [0.3, 0.4) is 0 Å². The SMILES string of the molecule is CC1=NN(c2cccc(Br)c2)C(=O)C1CCN.